The van der Waals surface area contributed by atoms with Crippen LogP contribution in [0.3, 0.4) is 0 Å². The summed E-state index contributed by atoms with van der Waals surface area (Å²) in [6.07, 6.45) is 9.39. The zero-order valence-corrected chi connectivity index (χ0v) is 16.7. The molecule has 1 heterocycles. The van der Waals surface area contributed by atoms with Gasteiger partial charge in [0.05, 0.1) is 17.6 Å². The Labute approximate surface area is 161 Å². The molecule has 1 amide bonds. The van der Waals surface area contributed by atoms with Gasteiger partial charge >= 0.3 is 0 Å². The molecule has 1 fully saturated rings. The molecule has 0 aromatic heterocycles. The highest BCUT2D eigenvalue weighted by molar-refractivity contribution is 7.89. The second-order valence-corrected chi connectivity index (χ2v) is 8.91. The van der Waals surface area contributed by atoms with E-state index in [2.05, 4.69) is 10.8 Å². The van der Waals surface area contributed by atoms with Crippen LogP contribution in [-0.2, 0) is 10.0 Å². The summed E-state index contributed by atoms with van der Waals surface area (Å²) < 4.78 is 33.4. The Morgan fingerprint density at radius 1 is 1.15 bits per heavy atom. The Morgan fingerprint density at radius 2 is 1.93 bits per heavy atom. The zero-order valence-electron chi connectivity index (χ0n) is 15.9. The number of piperidine rings is 1. The van der Waals surface area contributed by atoms with Gasteiger partial charge in [-0.1, -0.05) is 11.6 Å². The van der Waals surface area contributed by atoms with Crippen LogP contribution in [0, 0.1) is 0 Å². The molecule has 1 saturated heterocycles. The molecule has 0 saturated carbocycles. The normalized spacial score (nSPS) is 18.1. The Kier molecular flexibility index (Phi) is 6.55. The summed E-state index contributed by atoms with van der Waals surface area (Å²) in [7, 11) is -2.20. The van der Waals surface area contributed by atoms with E-state index in [9.17, 15) is 13.2 Å². The molecule has 1 N–H and O–H groups in total. The lowest BCUT2D eigenvalue weighted by atomic mass is 10.0. The summed E-state index contributed by atoms with van der Waals surface area (Å²) in [6, 6.07) is 4.49. The monoisotopic (exact) mass is 392 g/mol. The average molecular weight is 393 g/mol. The first kappa shape index (κ1) is 19.9. The van der Waals surface area contributed by atoms with Gasteiger partial charge in [0.15, 0.2) is 0 Å². The van der Waals surface area contributed by atoms with Crippen LogP contribution in [0.4, 0.5) is 0 Å². The predicted molar refractivity (Wildman–Crippen MR) is 104 cm³/mol. The van der Waals surface area contributed by atoms with E-state index in [1.54, 1.807) is 11.0 Å². The van der Waals surface area contributed by atoms with Gasteiger partial charge in [-0.25, -0.2) is 13.1 Å². The summed E-state index contributed by atoms with van der Waals surface area (Å²) >= 11 is 0. The molecule has 6 nitrogen and oxygen atoms in total. The molecule has 0 radical (unpaired) electrons. The number of sulfonamides is 1. The van der Waals surface area contributed by atoms with Gasteiger partial charge in [0, 0.05) is 19.6 Å². The van der Waals surface area contributed by atoms with E-state index in [0.717, 1.165) is 50.5 Å². The van der Waals surface area contributed by atoms with Crippen LogP contribution in [0.1, 0.15) is 55.3 Å². The maximum atomic E-state index is 12.9. The van der Waals surface area contributed by atoms with E-state index in [1.807, 2.05) is 0 Å². The van der Waals surface area contributed by atoms with Crippen molar-refractivity contribution in [1.82, 2.24) is 9.62 Å². The van der Waals surface area contributed by atoms with E-state index in [-0.39, 0.29) is 10.8 Å². The Bertz CT molecular complexity index is 811. The number of carbonyl (C=O) groups excluding carboxylic acids is 1. The van der Waals surface area contributed by atoms with Crippen molar-refractivity contribution in [2.45, 2.75) is 49.8 Å². The number of nitrogens with one attached hydrogen (secondary N) is 1. The number of amides is 1. The fourth-order valence-electron chi connectivity index (χ4n) is 3.62. The van der Waals surface area contributed by atoms with Gasteiger partial charge in [-0.2, -0.15) is 0 Å². The Morgan fingerprint density at radius 3 is 2.59 bits per heavy atom. The predicted octanol–water partition coefficient (Wildman–Crippen LogP) is 3.10. The minimum Gasteiger partial charge on any atom is -0.496 e. The molecule has 0 spiro atoms. The maximum absolute atomic E-state index is 12.9. The molecule has 2 aliphatic rings. The van der Waals surface area contributed by atoms with Crippen LogP contribution < -0.4 is 9.46 Å². The highest BCUT2D eigenvalue weighted by Gasteiger charge is 2.24. The summed E-state index contributed by atoms with van der Waals surface area (Å²) in [4.78, 5) is 14.8. The summed E-state index contributed by atoms with van der Waals surface area (Å²) in [5.41, 5.74) is 1.43. The van der Waals surface area contributed by atoms with Crippen molar-refractivity contribution in [1.29, 1.82) is 0 Å². The number of carbonyl (C=O) groups is 1. The molecule has 0 unspecified atom stereocenters. The Hall–Kier alpha value is -1.86. The first-order valence-electron chi connectivity index (χ1n) is 9.66. The molecule has 1 aliphatic carbocycles. The van der Waals surface area contributed by atoms with Crippen molar-refractivity contribution in [3.05, 3.63) is 35.4 Å². The van der Waals surface area contributed by atoms with Crippen LogP contribution in [0.2, 0.25) is 0 Å². The van der Waals surface area contributed by atoms with E-state index in [4.69, 9.17) is 4.74 Å². The molecule has 1 aromatic carbocycles. The third-order valence-corrected chi connectivity index (χ3v) is 6.63. The fraction of sp³-hybridized carbons (Fsp3) is 0.550. The molecule has 7 heteroatoms. The molecular formula is C20H28N2O4S. The number of nitrogens with zero attached hydrogens (tertiary/aromatic N) is 1. The largest absolute Gasteiger partial charge is 0.496 e. The quantitative estimate of drug-likeness (QED) is 0.755. The topological polar surface area (TPSA) is 75.7 Å². The van der Waals surface area contributed by atoms with Gasteiger partial charge in [-0.05, 0) is 63.1 Å². The van der Waals surface area contributed by atoms with Gasteiger partial charge in [-0.15, -0.1) is 0 Å². The van der Waals surface area contributed by atoms with Gasteiger partial charge < -0.3 is 9.64 Å². The SMILES string of the molecule is COc1ccc(S(=O)(=O)NCC2=CCCCC2)cc1C(=O)N1CCCCC1. The van der Waals surface area contributed by atoms with E-state index < -0.39 is 10.0 Å². The zero-order chi connectivity index (χ0) is 19.3. The molecule has 1 aromatic rings. The number of likely N-dealkylation sites (tertiary alicyclic amines) is 1. The van der Waals surface area contributed by atoms with Crippen LogP contribution >= 0.6 is 0 Å². The van der Waals surface area contributed by atoms with Crippen molar-refractivity contribution in [2.75, 3.05) is 26.7 Å². The number of hydrogen-bond donors (Lipinski definition) is 1. The molecule has 1 aliphatic heterocycles. The molecule has 0 bridgehead atoms. The Balaban J connectivity index is 1.80. The minimum absolute atomic E-state index is 0.0973. The number of benzene rings is 1. The molecule has 0 atom stereocenters. The van der Waals surface area contributed by atoms with Crippen molar-refractivity contribution in [3.8, 4) is 5.75 Å². The van der Waals surface area contributed by atoms with Crippen LogP contribution in [0.25, 0.3) is 0 Å². The number of ether oxygens (including phenoxy) is 1. The van der Waals surface area contributed by atoms with E-state index >= 15 is 0 Å². The lowest BCUT2D eigenvalue weighted by molar-refractivity contribution is 0.0720. The van der Waals surface area contributed by atoms with Crippen LogP contribution in [0.5, 0.6) is 5.75 Å². The second kappa shape index (κ2) is 8.89. The lowest BCUT2D eigenvalue weighted by Crippen LogP contribution is -2.36. The van der Waals surface area contributed by atoms with E-state index in [0.29, 0.717) is 30.9 Å². The third kappa shape index (κ3) is 4.90. The summed E-state index contributed by atoms with van der Waals surface area (Å²) in [6.45, 7) is 1.72. The molecular weight excluding hydrogens is 364 g/mol. The first-order chi connectivity index (χ1) is 13.0. The highest BCUT2D eigenvalue weighted by atomic mass is 32.2. The number of allylic oxidation sites excluding steroid dienone is 1. The average Bonchev–Trinajstić information content (AvgIpc) is 2.72. The molecule has 27 heavy (non-hydrogen) atoms. The molecule has 3 rings (SSSR count). The van der Waals surface area contributed by atoms with E-state index in [1.165, 1.54) is 19.2 Å². The highest BCUT2D eigenvalue weighted by Crippen LogP contribution is 2.25. The molecule has 148 valence electrons. The van der Waals surface area contributed by atoms with Crippen molar-refractivity contribution in [3.63, 3.8) is 0 Å². The van der Waals surface area contributed by atoms with Crippen LogP contribution in [-0.4, -0.2) is 46.0 Å². The number of methoxy groups -OCH3 is 1. The standard InChI is InChI=1S/C20H28N2O4S/c1-26-19-11-10-17(14-18(19)20(23)22-12-6-3-7-13-22)27(24,25)21-15-16-8-4-2-5-9-16/h8,10-11,14,21H,2-7,9,12-13,15H2,1H3. The van der Waals surface area contributed by atoms with Crippen molar-refractivity contribution in [2.24, 2.45) is 0 Å². The van der Waals surface area contributed by atoms with Crippen molar-refractivity contribution >= 4 is 15.9 Å². The van der Waals surface area contributed by atoms with Gasteiger partial charge in [0.1, 0.15) is 5.75 Å². The smallest absolute Gasteiger partial charge is 0.257 e. The fourth-order valence-corrected chi connectivity index (χ4v) is 4.69. The number of rotatable bonds is 6. The third-order valence-electron chi connectivity index (χ3n) is 5.23. The van der Waals surface area contributed by atoms with Crippen LogP contribution in [0.15, 0.2) is 34.7 Å². The van der Waals surface area contributed by atoms with Gasteiger partial charge in [0.2, 0.25) is 10.0 Å². The first-order valence-corrected chi connectivity index (χ1v) is 11.1. The van der Waals surface area contributed by atoms with Gasteiger partial charge in [-0.3, -0.25) is 4.79 Å². The summed E-state index contributed by atoms with van der Waals surface area (Å²) in [5.74, 6) is 0.234. The second-order valence-electron chi connectivity index (χ2n) is 7.15. The number of hydrogen-bond acceptors (Lipinski definition) is 4. The van der Waals surface area contributed by atoms with Gasteiger partial charge in [0.25, 0.3) is 5.91 Å². The minimum atomic E-state index is -3.69. The van der Waals surface area contributed by atoms with Crippen molar-refractivity contribution < 1.29 is 17.9 Å². The maximum Gasteiger partial charge on any atom is 0.257 e. The lowest BCUT2D eigenvalue weighted by Gasteiger charge is -2.27. The summed E-state index contributed by atoms with van der Waals surface area (Å²) in [5, 5.41) is 0.